The zero-order chi connectivity index (χ0) is 8.48. The molecule has 0 aliphatic carbocycles. The topological polar surface area (TPSA) is 40.5 Å². The smallest absolute Gasteiger partial charge is 0.254 e. The van der Waals surface area contributed by atoms with E-state index in [1.807, 2.05) is 0 Å². The van der Waals surface area contributed by atoms with E-state index in [4.69, 9.17) is 0 Å². The molecule has 0 aromatic carbocycles. The fourth-order valence-corrected chi connectivity index (χ4v) is 1.23. The second kappa shape index (κ2) is 2.66. The summed E-state index contributed by atoms with van der Waals surface area (Å²) in [5.74, 6) is -0.183. The maximum absolute atomic E-state index is 11.2. The molecule has 1 unspecified atom stereocenters. The summed E-state index contributed by atoms with van der Waals surface area (Å²) < 4.78 is 0. The highest BCUT2D eigenvalue weighted by Crippen LogP contribution is 2.21. The minimum Gasteiger partial charge on any atom is -0.380 e. The Morgan fingerprint density at radius 2 is 2.55 bits per heavy atom. The van der Waals surface area contributed by atoms with Crippen molar-refractivity contribution in [1.29, 1.82) is 0 Å². The van der Waals surface area contributed by atoms with Gasteiger partial charge >= 0.3 is 0 Å². The lowest BCUT2D eigenvalue weighted by molar-refractivity contribution is -0.141. The Morgan fingerprint density at radius 3 is 2.91 bits per heavy atom. The van der Waals surface area contributed by atoms with Gasteiger partial charge in [-0.2, -0.15) is 0 Å². The lowest BCUT2D eigenvalue weighted by Gasteiger charge is -2.16. The van der Waals surface area contributed by atoms with Crippen LogP contribution in [0.1, 0.15) is 13.3 Å². The van der Waals surface area contributed by atoms with E-state index >= 15 is 0 Å². The number of carbonyl (C=O) groups is 1. The molecule has 1 heterocycles. The Hall–Kier alpha value is -0.830. The SMILES string of the molecule is C=CCN1CCC(C)(O)C1=O. The third-order valence-corrected chi connectivity index (χ3v) is 1.97. The van der Waals surface area contributed by atoms with Crippen molar-refractivity contribution in [2.75, 3.05) is 13.1 Å². The number of carbonyl (C=O) groups excluding carboxylic acids is 1. The molecule has 1 fully saturated rings. The molecule has 1 saturated heterocycles. The summed E-state index contributed by atoms with van der Waals surface area (Å²) in [4.78, 5) is 12.8. The Labute approximate surface area is 66.3 Å². The Balaban J connectivity index is 2.63. The van der Waals surface area contributed by atoms with Crippen LogP contribution in [0.15, 0.2) is 12.7 Å². The summed E-state index contributed by atoms with van der Waals surface area (Å²) in [5, 5.41) is 9.43. The maximum Gasteiger partial charge on any atom is 0.254 e. The number of hydrogen-bond acceptors (Lipinski definition) is 2. The van der Waals surface area contributed by atoms with Crippen LogP contribution in [-0.4, -0.2) is 34.6 Å². The molecule has 1 atom stereocenters. The molecule has 0 aromatic rings. The van der Waals surface area contributed by atoms with Crippen LogP contribution < -0.4 is 0 Å². The third-order valence-electron chi connectivity index (χ3n) is 1.97. The number of rotatable bonds is 2. The number of likely N-dealkylation sites (tertiary alicyclic amines) is 1. The van der Waals surface area contributed by atoms with Crippen LogP contribution in [-0.2, 0) is 4.79 Å². The summed E-state index contributed by atoms with van der Waals surface area (Å²) in [5.41, 5.74) is -1.14. The molecule has 1 N–H and O–H groups in total. The first-order valence-electron chi connectivity index (χ1n) is 3.70. The van der Waals surface area contributed by atoms with E-state index in [2.05, 4.69) is 6.58 Å². The van der Waals surface area contributed by atoms with Crippen molar-refractivity contribution >= 4 is 5.91 Å². The highest BCUT2D eigenvalue weighted by atomic mass is 16.3. The highest BCUT2D eigenvalue weighted by molar-refractivity contribution is 5.86. The van der Waals surface area contributed by atoms with Crippen LogP contribution in [0.4, 0.5) is 0 Å². The van der Waals surface area contributed by atoms with Gasteiger partial charge in [0.05, 0.1) is 0 Å². The van der Waals surface area contributed by atoms with Crippen LogP contribution in [0.25, 0.3) is 0 Å². The molecule has 0 aromatic heterocycles. The Bertz CT molecular complexity index is 187. The van der Waals surface area contributed by atoms with E-state index in [9.17, 15) is 9.90 Å². The van der Waals surface area contributed by atoms with Gasteiger partial charge in [-0.05, 0) is 6.92 Å². The first kappa shape index (κ1) is 8.27. The number of aliphatic hydroxyl groups is 1. The molecule has 11 heavy (non-hydrogen) atoms. The average Bonchev–Trinajstić information content (AvgIpc) is 2.17. The van der Waals surface area contributed by atoms with E-state index in [0.717, 1.165) is 0 Å². The summed E-state index contributed by atoms with van der Waals surface area (Å²) in [6.45, 7) is 6.26. The average molecular weight is 155 g/mol. The van der Waals surface area contributed by atoms with E-state index in [-0.39, 0.29) is 5.91 Å². The minimum absolute atomic E-state index is 0.183. The third kappa shape index (κ3) is 1.43. The van der Waals surface area contributed by atoms with Crippen LogP contribution in [0.5, 0.6) is 0 Å². The molecular weight excluding hydrogens is 142 g/mol. The van der Waals surface area contributed by atoms with Gasteiger partial charge in [-0.3, -0.25) is 4.79 Å². The molecule has 1 amide bonds. The predicted octanol–water partition coefficient (Wildman–Crippen LogP) is 0.156. The maximum atomic E-state index is 11.2. The van der Waals surface area contributed by atoms with E-state index in [1.165, 1.54) is 0 Å². The zero-order valence-corrected chi connectivity index (χ0v) is 6.71. The lowest BCUT2D eigenvalue weighted by Crippen LogP contribution is -2.37. The minimum atomic E-state index is -1.14. The van der Waals surface area contributed by atoms with Crippen molar-refractivity contribution in [3.63, 3.8) is 0 Å². The van der Waals surface area contributed by atoms with Crippen molar-refractivity contribution in [3.05, 3.63) is 12.7 Å². The number of hydrogen-bond donors (Lipinski definition) is 1. The second-order valence-electron chi connectivity index (χ2n) is 3.06. The molecule has 1 rings (SSSR count). The molecule has 1 aliphatic rings. The zero-order valence-electron chi connectivity index (χ0n) is 6.71. The first-order valence-corrected chi connectivity index (χ1v) is 3.70. The normalized spacial score (nSPS) is 31.1. The lowest BCUT2D eigenvalue weighted by atomic mass is 10.1. The molecular formula is C8H13NO2. The van der Waals surface area contributed by atoms with E-state index in [0.29, 0.717) is 19.5 Å². The quantitative estimate of drug-likeness (QED) is 0.577. The molecule has 0 saturated carbocycles. The van der Waals surface area contributed by atoms with E-state index in [1.54, 1.807) is 17.9 Å². The van der Waals surface area contributed by atoms with Crippen LogP contribution in [0, 0.1) is 0 Å². The molecule has 0 bridgehead atoms. The molecule has 3 heteroatoms. The Kier molecular flexibility index (Phi) is 2.00. The van der Waals surface area contributed by atoms with Gasteiger partial charge in [0.1, 0.15) is 5.60 Å². The first-order chi connectivity index (χ1) is 5.08. The van der Waals surface area contributed by atoms with Crippen LogP contribution >= 0.6 is 0 Å². The van der Waals surface area contributed by atoms with E-state index < -0.39 is 5.60 Å². The van der Waals surface area contributed by atoms with Gasteiger partial charge in [0.25, 0.3) is 5.91 Å². The van der Waals surface area contributed by atoms with Gasteiger partial charge in [0.2, 0.25) is 0 Å². The standard InChI is InChI=1S/C8H13NO2/c1-3-5-9-6-4-8(2,11)7(9)10/h3,11H,1,4-6H2,2H3. The summed E-state index contributed by atoms with van der Waals surface area (Å²) in [6.07, 6.45) is 2.19. The van der Waals surface area contributed by atoms with Gasteiger partial charge in [-0.1, -0.05) is 6.08 Å². The molecule has 0 radical (unpaired) electrons. The van der Waals surface area contributed by atoms with Crippen LogP contribution in [0.2, 0.25) is 0 Å². The number of amides is 1. The van der Waals surface area contributed by atoms with Crippen molar-refractivity contribution in [2.45, 2.75) is 18.9 Å². The molecule has 1 aliphatic heterocycles. The fraction of sp³-hybridized carbons (Fsp3) is 0.625. The molecule has 3 nitrogen and oxygen atoms in total. The highest BCUT2D eigenvalue weighted by Gasteiger charge is 2.39. The fourth-order valence-electron chi connectivity index (χ4n) is 1.23. The molecule has 0 spiro atoms. The molecule has 62 valence electrons. The summed E-state index contributed by atoms with van der Waals surface area (Å²) in [6, 6.07) is 0. The van der Waals surface area contributed by atoms with Gasteiger partial charge in [0.15, 0.2) is 0 Å². The summed E-state index contributed by atoms with van der Waals surface area (Å²) in [7, 11) is 0. The van der Waals surface area contributed by atoms with Crippen molar-refractivity contribution in [2.24, 2.45) is 0 Å². The van der Waals surface area contributed by atoms with Gasteiger partial charge in [0, 0.05) is 19.5 Å². The van der Waals surface area contributed by atoms with Crippen LogP contribution in [0.3, 0.4) is 0 Å². The van der Waals surface area contributed by atoms with Crippen molar-refractivity contribution in [1.82, 2.24) is 4.90 Å². The summed E-state index contributed by atoms with van der Waals surface area (Å²) >= 11 is 0. The monoisotopic (exact) mass is 155 g/mol. The van der Waals surface area contributed by atoms with Crippen molar-refractivity contribution < 1.29 is 9.90 Å². The second-order valence-corrected chi connectivity index (χ2v) is 3.06. The van der Waals surface area contributed by atoms with Gasteiger partial charge < -0.3 is 10.0 Å². The number of nitrogens with zero attached hydrogens (tertiary/aromatic N) is 1. The predicted molar refractivity (Wildman–Crippen MR) is 42.0 cm³/mol. The van der Waals surface area contributed by atoms with Crippen molar-refractivity contribution in [3.8, 4) is 0 Å². The largest absolute Gasteiger partial charge is 0.380 e. The Morgan fingerprint density at radius 1 is 1.91 bits per heavy atom. The van der Waals surface area contributed by atoms with Gasteiger partial charge in [-0.15, -0.1) is 6.58 Å². The van der Waals surface area contributed by atoms with Gasteiger partial charge in [-0.25, -0.2) is 0 Å².